The van der Waals surface area contributed by atoms with Crippen molar-refractivity contribution >= 4 is 49.2 Å². The molecule has 0 amide bonds. The van der Waals surface area contributed by atoms with Crippen molar-refractivity contribution in [1.82, 2.24) is 29.1 Å². The van der Waals surface area contributed by atoms with E-state index >= 15 is 0 Å². The highest BCUT2D eigenvalue weighted by Gasteiger charge is 2.42. The summed E-state index contributed by atoms with van der Waals surface area (Å²) < 4.78 is 27.2. The lowest BCUT2D eigenvalue weighted by atomic mass is 10.2. The van der Waals surface area contributed by atoms with Gasteiger partial charge >= 0.3 is 0 Å². The standard InChI is InChI=1S/C24H26N8O2S2/c1-30(2)36(33,34)18-6-4-5-15(9-18)23-27-19-11-22(26-12-20(19)35-23)28-21-7-8-25-24(29-21)32-14-16-10-17(32)13-31(16)3/h4-9,11-12,16-17H,10,13-14H2,1-3H3,(H,25,26,28,29)/t16-,17-/m0/s1. The summed E-state index contributed by atoms with van der Waals surface area (Å²) in [4.78, 5) is 23.5. The summed E-state index contributed by atoms with van der Waals surface area (Å²) in [6, 6.07) is 11.6. The number of pyridine rings is 1. The van der Waals surface area contributed by atoms with Crippen LogP contribution in [0.2, 0.25) is 0 Å². The van der Waals surface area contributed by atoms with Gasteiger partial charge in [0.1, 0.15) is 16.6 Å². The molecule has 2 saturated heterocycles. The fourth-order valence-corrected chi connectivity index (χ4v) is 6.69. The molecule has 0 radical (unpaired) electrons. The van der Waals surface area contributed by atoms with E-state index in [2.05, 4.69) is 32.1 Å². The van der Waals surface area contributed by atoms with Gasteiger partial charge in [-0.1, -0.05) is 12.1 Å². The highest BCUT2D eigenvalue weighted by Crippen LogP contribution is 2.34. The largest absolute Gasteiger partial charge is 0.335 e. The van der Waals surface area contributed by atoms with E-state index in [1.807, 2.05) is 18.2 Å². The molecule has 10 nitrogen and oxygen atoms in total. The number of thiazole rings is 1. The number of nitrogens with one attached hydrogen (secondary N) is 1. The van der Waals surface area contributed by atoms with E-state index in [1.54, 1.807) is 30.6 Å². The van der Waals surface area contributed by atoms with Crippen molar-refractivity contribution in [1.29, 1.82) is 0 Å². The summed E-state index contributed by atoms with van der Waals surface area (Å²) in [6.45, 7) is 1.99. The Labute approximate surface area is 213 Å². The third-order valence-corrected chi connectivity index (χ3v) is 9.67. The predicted molar refractivity (Wildman–Crippen MR) is 141 cm³/mol. The smallest absolute Gasteiger partial charge is 0.242 e. The van der Waals surface area contributed by atoms with Crippen molar-refractivity contribution in [3.63, 3.8) is 0 Å². The van der Waals surface area contributed by atoms with Crippen LogP contribution in [-0.4, -0.2) is 83.9 Å². The molecule has 6 rings (SSSR count). The molecule has 2 bridgehead atoms. The number of piperazine rings is 1. The van der Waals surface area contributed by atoms with Crippen LogP contribution in [0.1, 0.15) is 6.42 Å². The molecule has 2 atom stereocenters. The fourth-order valence-electron chi connectivity index (χ4n) is 4.83. The van der Waals surface area contributed by atoms with E-state index < -0.39 is 10.0 Å². The highest BCUT2D eigenvalue weighted by molar-refractivity contribution is 7.89. The van der Waals surface area contributed by atoms with E-state index in [1.165, 1.54) is 29.7 Å². The summed E-state index contributed by atoms with van der Waals surface area (Å²) in [7, 11) is 1.70. The van der Waals surface area contributed by atoms with E-state index in [0.29, 0.717) is 23.7 Å². The van der Waals surface area contributed by atoms with E-state index in [9.17, 15) is 8.42 Å². The van der Waals surface area contributed by atoms with Gasteiger partial charge in [0.15, 0.2) is 0 Å². The zero-order valence-electron chi connectivity index (χ0n) is 20.2. The van der Waals surface area contributed by atoms with Crippen LogP contribution < -0.4 is 10.2 Å². The maximum atomic E-state index is 12.5. The first-order valence-corrected chi connectivity index (χ1v) is 13.9. The van der Waals surface area contributed by atoms with Gasteiger partial charge in [-0.15, -0.1) is 11.3 Å². The summed E-state index contributed by atoms with van der Waals surface area (Å²) in [5.41, 5.74) is 1.53. The zero-order chi connectivity index (χ0) is 25.0. The number of benzene rings is 1. The molecule has 36 heavy (non-hydrogen) atoms. The normalized spacial score (nSPS) is 20.1. The van der Waals surface area contributed by atoms with Gasteiger partial charge in [-0.2, -0.15) is 4.98 Å². The number of nitrogens with zero attached hydrogens (tertiary/aromatic N) is 7. The fraction of sp³-hybridized carbons (Fsp3) is 0.333. The molecule has 186 valence electrons. The first-order chi connectivity index (χ1) is 17.3. The number of sulfonamides is 1. The van der Waals surface area contributed by atoms with Crippen molar-refractivity contribution in [2.45, 2.75) is 23.4 Å². The van der Waals surface area contributed by atoms with E-state index in [4.69, 9.17) is 9.97 Å². The van der Waals surface area contributed by atoms with Gasteiger partial charge < -0.3 is 10.2 Å². The monoisotopic (exact) mass is 522 g/mol. The van der Waals surface area contributed by atoms with Crippen LogP contribution in [0.3, 0.4) is 0 Å². The van der Waals surface area contributed by atoms with Gasteiger partial charge in [-0.05, 0) is 31.7 Å². The second kappa shape index (κ2) is 8.73. The average Bonchev–Trinajstić information content (AvgIpc) is 3.58. The third kappa shape index (κ3) is 4.09. The molecule has 5 heterocycles. The molecule has 2 fully saturated rings. The molecule has 0 unspecified atom stereocenters. The quantitative estimate of drug-likeness (QED) is 0.409. The summed E-state index contributed by atoms with van der Waals surface area (Å²) in [5.74, 6) is 2.06. The Morgan fingerprint density at radius 2 is 1.92 bits per heavy atom. The molecule has 1 N–H and O–H groups in total. The maximum absolute atomic E-state index is 12.5. The van der Waals surface area contributed by atoms with Crippen LogP contribution in [-0.2, 0) is 10.0 Å². The van der Waals surface area contributed by atoms with Crippen LogP contribution >= 0.6 is 11.3 Å². The molecule has 3 aromatic heterocycles. The first kappa shape index (κ1) is 23.2. The second-order valence-corrected chi connectivity index (χ2v) is 12.6. The lowest BCUT2D eigenvalue weighted by Crippen LogP contribution is -2.45. The minimum absolute atomic E-state index is 0.238. The molecule has 0 aliphatic carbocycles. The first-order valence-electron chi connectivity index (χ1n) is 11.6. The van der Waals surface area contributed by atoms with Gasteiger partial charge in [0, 0.05) is 63.3 Å². The number of fused-ring (bicyclic) bond motifs is 3. The molecule has 4 aromatic rings. The Morgan fingerprint density at radius 1 is 1.06 bits per heavy atom. The molecular weight excluding hydrogens is 496 g/mol. The van der Waals surface area contributed by atoms with Crippen LogP contribution in [0.25, 0.3) is 20.8 Å². The molecule has 2 aliphatic heterocycles. The van der Waals surface area contributed by atoms with Crippen molar-refractivity contribution in [3.05, 3.63) is 48.8 Å². The molecular formula is C24H26N8O2S2. The number of hydrogen-bond donors (Lipinski definition) is 1. The molecule has 0 spiro atoms. The van der Waals surface area contributed by atoms with Gasteiger partial charge in [-0.25, -0.2) is 27.7 Å². The van der Waals surface area contributed by atoms with Gasteiger partial charge in [0.25, 0.3) is 0 Å². The van der Waals surface area contributed by atoms with Crippen LogP contribution in [0, 0.1) is 0 Å². The minimum atomic E-state index is -3.52. The van der Waals surface area contributed by atoms with Gasteiger partial charge in [0.05, 0.1) is 15.1 Å². The SMILES string of the molecule is CN1C[C@@H]2C[C@H]1CN2c1nccc(Nc2cc3nc(-c4cccc(S(=O)(=O)N(C)C)c4)sc3cn2)n1. The molecule has 2 aliphatic rings. The topological polar surface area (TPSA) is 107 Å². The number of hydrogen-bond acceptors (Lipinski definition) is 10. The summed E-state index contributed by atoms with van der Waals surface area (Å²) >= 11 is 1.47. The Morgan fingerprint density at radius 3 is 2.67 bits per heavy atom. The minimum Gasteiger partial charge on any atom is -0.335 e. The van der Waals surface area contributed by atoms with Crippen LogP contribution in [0.15, 0.2) is 53.7 Å². The Bertz CT molecular complexity index is 1550. The van der Waals surface area contributed by atoms with Gasteiger partial charge in [-0.3, -0.25) is 4.90 Å². The van der Waals surface area contributed by atoms with Crippen molar-refractivity contribution in [2.75, 3.05) is 44.4 Å². The van der Waals surface area contributed by atoms with Crippen LogP contribution in [0.5, 0.6) is 0 Å². The lowest BCUT2D eigenvalue weighted by molar-refractivity contribution is 0.291. The van der Waals surface area contributed by atoms with Crippen molar-refractivity contribution < 1.29 is 8.42 Å². The number of rotatable bonds is 6. The Balaban J connectivity index is 1.24. The number of likely N-dealkylation sites (N-methyl/N-ethyl adjacent to an activating group) is 1. The second-order valence-electron chi connectivity index (χ2n) is 9.37. The third-order valence-electron chi connectivity index (χ3n) is 6.81. The van der Waals surface area contributed by atoms with Crippen LogP contribution in [0.4, 0.5) is 17.6 Å². The summed E-state index contributed by atoms with van der Waals surface area (Å²) in [5, 5.41) is 4.02. The van der Waals surface area contributed by atoms with Gasteiger partial charge in [0.2, 0.25) is 16.0 Å². The molecule has 1 aromatic carbocycles. The number of aromatic nitrogens is 4. The maximum Gasteiger partial charge on any atom is 0.242 e. The predicted octanol–water partition coefficient (Wildman–Crippen LogP) is 3.03. The van der Waals surface area contributed by atoms with Crippen molar-refractivity contribution in [2.24, 2.45) is 0 Å². The Hall–Kier alpha value is -3.19. The highest BCUT2D eigenvalue weighted by atomic mass is 32.2. The average molecular weight is 523 g/mol. The van der Waals surface area contributed by atoms with E-state index in [-0.39, 0.29) is 4.90 Å². The zero-order valence-corrected chi connectivity index (χ0v) is 21.8. The number of likely N-dealkylation sites (tertiary alicyclic amines) is 1. The number of anilines is 3. The molecule has 0 saturated carbocycles. The summed E-state index contributed by atoms with van der Waals surface area (Å²) in [6.07, 6.45) is 4.71. The molecule has 12 heteroatoms. The van der Waals surface area contributed by atoms with Crippen molar-refractivity contribution in [3.8, 4) is 10.6 Å². The van der Waals surface area contributed by atoms with E-state index in [0.717, 1.165) is 46.2 Å². The Kier molecular flexibility index (Phi) is 5.63. The lowest BCUT2D eigenvalue weighted by Gasteiger charge is -2.31.